The highest BCUT2D eigenvalue weighted by molar-refractivity contribution is 5.13. The third kappa shape index (κ3) is 7.25. The second-order valence-electron chi connectivity index (χ2n) is 4.81. The Balaban J connectivity index is 0.000000873. The summed E-state index contributed by atoms with van der Waals surface area (Å²) in [6.45, 7) is 10.4. The Morgan fingerprint density at radius 3 is 2.28 bits per heavy atom. The number of rotatable bonds is 6. The molecule has 0 fully saturated rings. The van der Waals surface area contributed by atoms with Crippen LogP contribution in [-0.4, -0.2) is 31.9 Å². The van der Waals surface area contributed by atoms with E-state index in [9.17, 15) is 0 Å². The van der Waals surface area contributed by atoms with E-state index in [1.165, 1.54) is 12.0 Å². The largest absolute Gasteiger partial charge is 0.335 e. The number of benzene rings is 1. The Kier molecular flexibility index (Phi) is 9.25. The van der Waals surface area contributed by atoms with Crippen molar-refractivity contribution in [3.05, 3.63) is 48.6 Å². The Morgan fingerprint density at radius 1 is 1.28 bits per heavy atom. The van der Waals surface area contributed by atoms with Crippen LogP contribution in [0.15, 0.2) is 43.0 Å². The predicted molar refractivity (Wildman–Crippen MR) is 79.2 cm³/mol. The van der Waals surface area contributed by atoms with Crippen molar-refractivity contribution in [1.29, 1.82) is 0 Å². The first-order valence-electron chi connectivity index (χ1n) is 6.55. The van der Waals surface area contributed by atoms with E-state index < -0.39 is 0 Å². The molecule has 0 bridgehead atoms. The zero-order valence-electron chi connectivity index (χ0n) is 12.4. The lowest BCUT2D eigenvalue weighted by Gasteiger charge is -2.33. The molecule has 0 saturated carbocycles. The minimum absolute atomic E-state index is 0.780. The van der Waals surface area contributed by atoms with Gasteiger partial charge in [0.15, 0.2) is 6.73 Å². The van der Waals surface area contributed by atoms with Gasteiger partial charge in [0, 0.05) is 12.7 Å². The van der Waals surface area contributed by atoms with E-state index in [2.05, 4.69) is 50.9 Å². The second kappa shape index (κ2) is 9.86. The monoisotopic (exact) mass is 250 g/mol. The lowest BCUT2D eigenvalue weighted by Crippen LogP contribution is -2.45. The van der Waals surface area contributed by atoms with Gasteiger partial charge in [-0.05, 0) is 13.3 Å². The molecular formula is C16H28NO+. The third-order valence-electron chi connectivity index (χ3n) is 2.61. The normalized spacial score (nSPS) is 13.1. The van der Waals surface area contributed by atoms with Gasteiger partial charge in [0.2, 0.25) is 0 Å². The number of nitrogens with zero attached hydrogens (tertiary/aromatic N) is 1. The second-order valence-corrected chi connectivity index (χ2v) is 4.81. The quantitative estimate of drug-likeness (QED) is 0.423. The highest BCUT2D eigenvalue weighted by Crippen LogP contribution is 2.12. The predicted octanol–water partition coefficient (Wildman–Crippen LogP) is 3.84. The molecule has 1 atom stereocenters. The molecular weight excluding hydrogens is 222 g/mol. The van der Waals surface area contributed by atoms with E-state index in [1.54, 1.807) is 13.2 Å². The third-order valence-corrected chi connectivity index (χ3v) is 2.61. The molecule has 0 aliphatic rings. The molecule has 0 radical (unpaired) electrons. The molecule has 2 nitrogen and oxygen atoms in total. The van der Waals surface area contributed by atoms with Gasteiger partial charge in [-0.2, -0.15) is 0 Å². The molecule has 0 aliphatic carbocycles. The van der Waals surface area contributed by atoms with Crippen molar-refractivity contribution in [1.82, 2.24) is 0 Å². The number of allylic oxidation sites excluding steroid dienone is 1. The van der Waals surface area contributed by atoms with Gasteiger partial charge >= 0.3 is 0 Å². The van der Waals surface area contributed by atoms with Crippen molar-refractivity contribution in [2.24, 2.45) is 0 Å². The first-order chi connectivity index (χ1) is 8.61. The van der Waals surface area contributed by atoms with Crippen LogP contribution in [0.2, 0.25) is 0 Å². The van der Waals surface area contributed by atoms with E-state index in [1.807, 2.05) is 6.92 Å². The molecule has 1 aromatic carbocycles. The lowest BCUT2D eigenvalue weighted by atomic mass is 10.2. The summed E-state index contributed by atoms with van der Waals surface area (Å²) >= 11 is 0. The highest BCUT2D eigenvalue weighted by Gasteiger charge is 2.20. The van der Waals surface area contributed by atoms with Gasteiger partial charge in [-0.25, -0.2) is 0 Å². The molecule has 102 valence electrons. The number of hydrogen-bond donors (Lipinski definition) is 0. The zero-order chi connectivity index (χ0) is 13.9. The number of hydrogen-bond acceptors (Lipinski definition) is 1. The van der Waals surface area contributed by atoms with Gasteiger partial charge in [-0.15, -0.1) is 6.58 Å². The van der Waals surface area contributed by atoms with E-state index in [0.29, 0.717) is 0 Å². The van der Waals surface area contributed by atoms with Crippen LogP contribution in [0.4, 0.5) is 0 Å². The molecule has 0 N–H and O–H groups in total. The van der Waals surface area contributed by atoms with Crippen molar-refractivity contribution in [3.63, 3.8) is 0 Å². The van der Waals surface area contributed by atoms with Gasteiger partial charge in [0.1, 0.15) is 6.54 Å². The van der Waals surface area contributed by atoms with Gasteiger partial charge in [-0.1, -0.05) is 43.3 Å². The molecule has 0 saturated heterocycles. The minimum atomic E-state index is 0.780. The summed E-state index contributed by atoms with van der Waals surface area (Å²) in [7, 11) is 4.02. The maximum atomic E-state index is 5.30. The van der Waals surface area contributed by atoms with Crippen LogP contribution in [0.3, 0.4) is 0 Å². The molecule has 0 heterocycles. The number of quaternary nitrogens is 1. The van der Waals surface area contributed by atoms with E-state index in [-0.39, 0.29) is 0 Å². The smallest absolute Gasteiger partial charge is 0.182 e. The zero-order valence-corrected chi connectivity index (χ0v) is 12.4. The van der Waals surface area contributed by atoms with Crippen molar-refractivity contribution in [3.8, 4) is 0 Å². The number of ether oxygens (including phenoxy) is 1. The van der Waals surface area contributed by atoms with Gasteiger partial charge in [0.05, 0.1) is 13.6 Å². The SMILES string of the molecule is C=CC.CCC[N+](C)(COC)Cc1ccccc1. The first-order valence-corrected chi connectivity index (χ1v) is 6.55. The molecule has 1 aromatic rings. The van der Waals surface area contributed by atoms with Crippen molar-refractivity contribution in [2.45, 2.75) is 26.8 Å². The molecule has 18 heavy (non-hydrogen) atoms. The number of methoxy groups -OCH3 is 1. The molecule has 0 spiro atoms. The summed E-state index contributed by atoms with van der Waals surface area (Å²) in [4.78, 5) is 0. The molecule has 1 unspecified atom stereocenters. The Labute approximate surface area is 112 Å². The maximum Gasteiger partial charge on any atom is 0.182 e. The van der Waals surface area contributed by atoms with Crippen molar-refractivity contribution < 1.29 is 9.22 Å². The maximum absolute atomic E-state index is 5.30. The van der Waals surface area contributed by atoms with Gasteiger partial charge in [0.25, 0.3) is 0 Å². The first kappa shape index (κ1) is 16.9. The van der Waals surface area contributed by atoms with Gasteiger partial charge in [-0.3, -0.25) is 4.48 Å². The Morgan fingerprint density at radius 2 is 1.83 bits per heavy atom. The summed E-state index contributed by atoms with van der Waals surface area (Å²) in [6.07, 6.45) is 2.94. The van der Waals surface area contributed by atoms with Gasteiger partial charge < -0.3 is 4.74 Å². The van der Waals surface area contributed by atoms with Crippen molar-refractivity contribution in [2.75, 3.05) is 27.4 Å². The minimum Gasteiger partial charge on any atom is -0.335 e. The van der Waals surface area contributed by atoms with E-state index >= 15 is 0 Å². The standard InChI is InChI=1S/C13H22NO.C3H6/c1-4-10-14(2,12-15-3)11-13-8-6-5-7-9-13;1-3-2/h5-9H,4,10-12H2,1-3H3;3H,1H2,2H3/q+1;. The van der Waals surface area contributed by atoms with Crippen molar-refractivity contribution >= 4 is 0 Å². The highest BCUT2D eigenvalue weighted by atomic mass is 16.5. The molecule has 0 amide bonds. The average molecular weight is 250 g/mol. The van der Waals surface area contributed by atoms with Crippen LogP contribution in [0, 0.1) is 0 Å². The van der Waals surface area contributed by atoms with Crippen LogP contribution >= 0.6 is 0 Å². The van der Waals surface area contributed by atoms with Crippen LogP contribution in [0.1, 0.15) is 25.8 Å². The fourth-order valence-electron chi connectivity index (χ4n) is 2.06. The molecule has 0 aliphatic heterocycles. The van der Waals surface area contributed by atoms with E-state index in [0.717, 1.165) is 24.3 Å². The molecule has 0 aromatic heterocycles. The Bertz CT molecular complexity index is 302. The fourth-order valence-corrected chi connectivity index (χ4v) is 2.06. The fraction of sp³-hybridized carbons (Fsp3) is 0.500. The summed E-state index contributed by atoms with van der Waals surface area (Å²) < 4.78 is 6.26. The average Bonchev–Trinajstić information content (AvgIpc) is 2.31. The van der Waals surface area contributed by atoms with E-state index in [4.69, 9.17) is 4.74 Å². The van der Waals surface area contributed by atoms with Crippen LogP contribution in [0.5, 0.6) is 0 Å². The summed E-state index contributed by atoms with van der Waals surface area (Å²) in [5, 5.41) is 0. The lowest BCUT2D eigenvalue weighted by molar-refractivity contribution is -0.940. The molecule has 1 rings (SSSR count). The topological polar surface area (TPSA) is 9.23 Å². The van der Waals surface area contributed by atoms with Crippen LogP contribution < -0.4 is 0 Å². The molecule has 2 heteroatoms. The van der Waals surface area contributed by atoms with Crippen LogP contribution in [0.25, 0.3) is 0 Å². The Hall–Kier alpha value is -1.12. The summed E-state index contributed by atoms with van der Waals surface area (Å²) in [5.74, 6) is 0. The summed E-state index contributed by atoms with van der Waals surface area (Å²) in [5.41, 5.74) is 1.38. The summed E-state index contributed by atoms with van der Waals surface area (Å²) in [6, 6.07) is 10.6. The van der Waals surface area contributed by atoms with Crippen LogP contribution in [-0.2, 0) is 11.3 Å².